The van der Waals surface area contributed by atoms with Crippen LogP contribution in [0.25, 0.3) is 0 Å². The Morgan fingerprint density at radius 1 is 1.32 bits per heavy atom. The smallest absolute Gasteiger partial charge is 0.261 e. The molecule has 1 aromatic heterocycles. The SMILES string of the molecule is Cc1ccncc1NC(=O)c1c(F)cc(Br)cc1F. The van der Waals surface area contributed by atoms with E-state index in [2.05, 4.69) is 26.2 Å². The summed E-state index contributed by atoms with van der Waals surface area (Å²) in [4.78, 5) is 15.7. The van der Waals surface area contributed by atoms with Gasteiger partial charge in [0.05, 0.1) is 11.9 Å². The molecule has 0 aliphatic carbocycles. The van der Waals surface area contributed by atoms with Crippen LogP contribution in [0.2, 0.25) is 0 Å². The van der Waals surface area contributed by atoms with Gasteiger partial charge in [-0.1, -0.05) is 15.9 Å². The van der Waals surface area contributed by atoms with Crippen molar-refractivity contribution in [3.05, 3.63) is 57.8 Å². The Kier molecular flexibility index (Phi) is 3.90. The number of carbonyl (C=O) groups is 1. The summed E-state index contributed by atoms with van der Waals surface area (Å²) >= 11 is 2.95. The number of carbonyl (C=O) groups excluding carboxylic acids is 1. The number of aromatic nitrogens is 1. The Morgan fingerprint density at radius 2 is 1.95 bits per heavy atom. The van der Waals surface area contributed by atoms with Gasteiger partial charge in [-0.05, 0) is 30.7 Å². The minimum atomic E-state index is -0.925. The fourth-order valence-corrected chi connectivity index (χ4v) is 1.94. The van der Waals surface area contributed by atoms with Gasteiger partial charge >= 0.3 is 0 Å². The van der Waals surface area contributed by atoms with Gasteiger partial charge in [-0.2, -0.15) is 0 Å². The van der Waals surface area contributed by atoms with Gasteiger partial charge in [0.2, 0.25) is 0 Å². The van der Waals surface area contributed by atoms with Crippen LogP contribution in [-0.2, 0) is 0 Å². The molecule has 0 spiro atoms. The maximum Gasteiger partial charge on any atom is 0.261 e. The molecule has 0 bridgehead atoms. The van der Waals surface area contributed by atoms with Gasteiger partial charge in [0.1, 0.15) is 17.2 Å². The number of pyridine rings is 1. The first-order valence-corrected chi connectivity index (χ1v) is 6.15. The lowest BCUT2D eigenvalue weighted by Crippen LogP contribution is -2.16. The number of aryl methyl sites for hydroxylation is 1. The molecule has 0 atom stereocenters. The molecule has 0 aliphatic heterocycles. The second-order valence-corrected chi connectivity index (χ2v) is 4.80. The molecule has 2 rings (SSSR count). The molecule has 19 heavy (non-hydrogen) atoms. The highest BCUT2D eigenvalue weighted by Gasteiger charge is 2.19. The number of nitrogens with one attached hydrogen (secondary N) is 1. The van der Waals surface area contributed by atoms with Gasteiger partial charge in [0.15, 0.2) is 0 Å². The van der Waals surface area contributed by atoms with Crippen molar-refractivity contribution in [1.29, 1.82) is 0 Å². The Balaban J connectivity index is 2.34. The molecule has 2 aromatic rings. The van der Waals surface area contributed by atoms with E-state index < -0.39 is 23.1 Å². The average Bonchev–Trinajstić information content (AvgIpc) is 2.30. The van der Waals surface area contributed by atoms with Crippen LogP contribution in [0.1, 0.15) is 15.9 Å². The van der Waals surface area contributed by atoms with Gasteiger partial charge in [-0.25, -0.2) is 8.78 Å². The van der Waals surface area contributed by atoms with Crippen molar-refractivity contribution in [2.75, 3.05) is 5.32 Å². The standard InChI is InChI=1S/C13H9BrF2N2O/c1-7-2-3-17-6-11(7)18-13(19)12-9(15)4-8(14)5-10(12)16/h2-6H,1H3,(H,18,19). The second kappa shape index (κ2) is 5.44. The molecule has 1 heterocycles. The Morgan fingerprint density at radius 3 is 2.53 bits per heavy atom. The first kappa shape index (κ1) is 13.6. The molecule has 3 nitrogen and oxygen atoms in total. The fourth-order valence-electron chi connectivity index (χ4n) is 1.54. The summed E-state index contributed by atoms with van der Waals surface area (Å²) < 4.78 is 27.5. The van der Waals surface area contributed by atoms with Crippen molar-refractivity contribution in [1.82, 2.24) is 4.98 Å². The Hall–Kier alpha value is -1.82. The van der Waals surface area contributed by atoms with Crippen molar-refractivity contribution >= 4 is 27.5 Å². The van der Waals surface area contributed by atoms with Crippen LogP contribution < -0.4 is 5.32 Å². The molecule has 1 N–H and O–H groups in total. The molecule has 0 aliphatic rings. The molecule has 98 valence electrons. The molecule has 6 heteroatoms. The largest absolute Gasteiger partial charge is 0.320 e. The van der Waals surface area contributed by atoms with Gasteiger partial charge in [0, 0.05) is 10.7 Å². The van der Waals surface area contributed by atoms with E-state index in [1.54, 1.807) is 19.2 Å². The average molecular weight is 327 g/mol. The van der Waals surface area contributed by atoms with Gasteiger partial charge < -0.3 is 5.32 Å². The number of benzene rings is 1. The van der Waals surface area contributed by atoms with E-state index in [1.165, 1.54) is 6.20 Å². The quantitative estimate of drug-likeness (QED) is 0.914. The third kappa shape index (κ3) is 2.96. The van der Waals surface area contributed by atoms with Crippen molar-refractivity contribution in [3.63, 3.8) is 0 Å². The van der Waals surface area contributed by atoms with E-state index in [0.717, 1.165) is 17.7 Å². The minimum absolute atomic E-state index is 0.233. The number of anilines is 1. The number of rotatable bonds is 2. The van der Waals surface area contributed by atoms with Crippen molar-refractivity contribution < 1.29 is 13.6 Å². The van der Waals surface area contributed by atoms with Gasteiger partial charge in [0.25, 0.3) is 5.91 Å². The van der Waals surface area contributed by atoms with Crippen LogP contribution in [0.5, 0.6) is 0 Å². The molecule has 1 amide bonds. The lowest BCUT2D eigenvalue weighted by molar-refractivity contribution is 0.101. The summed E-state index contributed by atoms with van der Waals surface area (Å²) in [5.74, 6) is -2.70. The van der Waals surface area contributed by atoms with E-state index in [1.807, 2.05) is 0 Å². The molecule has 0 radical (unpaired) electrons. The summed E-state index contributed by atoms with van der Waals surface area (Å²) in [6, 6.07) is 3.76. The Labute approximate surface area is 116 Å². The maximum atomic E-state index is 13.6. The highest BCUT2D eigenvalue weighted by molar-refractivity contribution is 9.10. The number of halogens is 3. The summed E-state index contributed by atoms with van der Waals surface area (Å²) in [5, 5.41) is 2.43. The van der Waals surface area contributed by atoms with Crippen molar-refractivity contribution in [2.24, 2.45) is 0 Å². The van der Waals surface area contributed by atoms with E-state index in [9.17, 15) is 13.6 Å². The molecule has 0 unspecified atom stereocenters. The van der Waals surface area contributed by atoms with E-state index in [0.29, 0.717) is 5.69 Å². The lowest BCUT2D eigenvalue weighted by Gasteiger charge is -2.09. The zero-order valence-corrected chi connectivity index (χ0v) is 11.5. The summed E-state index contributed by atoms with van der Waals surface area (Å²) in [6.45, 7) is 1.76. The van der Waals surface area contributed by atoms with Crippen molar-refractivity contribution in [2.45, 2.75) is 6.92 Å². The number of amides is 1. The van der Waals surface area contributed by atoms with Crippen LogP contribution in [0.4, 0.5) is 14.5 Å². The topological polar surface area (TPSA) is 42.0 Å². The maximum absolute atomic E-state index is 13.6. The van der Waals surface area contributed by atoms with Crippen LogP contribution in [0.3, 0.4) is 0 Å². The van der Waals surface area contributed by atoms with Crippen LogP contribution in [0, 0.1) is 18.6 Å². The molecule has 1 aromatic carbocycles. The first-order valence-electron chi connectivity index (χ1n) is 5.35. The highest BCUT2D eigenvalue weighted by atomic mass is 79.9. The minimum Gasteiger partial charge on any atom is -0.320 e. The molecular formula is C13H9BrF2N2O. The van der Waals surface area contributed by atoms with Crippen LogP contribution in [-0.4, -0.2) is 10.9 Å². The van der Waals surface area contributed by atoms with Crippen LogP contribution in [0.15, 0.2) is 35.1 Å². The predicted molar refractivity (Wildman–Crippen MR) is 71.0 cm³/mol. The summed E-state index contributed by atoms with van der Waals surface area (Å²) in [5.41, 5.74) is 0.543. The number of nitrogens with zero attached hydrogens (tertiary/aromatic N) is 1. The van der Waals surface area contributed by atoms with E-state index >= 15 is 0 Å². The highest BCUT2D eigenvalue weighted by Crippen LogP contribution is 2.21. The molecule has 0 saturated heterocycles. The first-order chi connectivity index (χ1) is 8.99. The second-order valence-electron chi connectivity index (χ2n) is 3.89. The molecular weight excluding hydrogens is 318 g/mol. The monoisotopic (exact) mass is 326 g/mol. The van der Waals surface area contributed by atoms with Gasteiger partial charge in [-0.3, -0.25) is 9.78 Å². The number of hydrogen-bond donors (Lipinski definition) is 1. The lowest BCUT2D eigenvalue weighted by atomic mass is 10.1. The summed E-state index contributed by atoms with van der Waals surface area (Å²) in [6.07, 6.45) is 2.98. The third-order valence-electron chi connectivity index (χ3n) is 2.52. The molecule has 0 saturated carbocycles. The Bertz CT molecular complexity index is 623. The zero-order chi connectivity index (χ0) is 14.0. The molecule has 0 fully saturated rings. The van der Waals surface area contributed by atoms with E-state index in [-0.39, 0.29) is 4.47 Å². The zero-order valence-electron chi connectivity index (χ0n) is 9.88. The van der Waals surface area contributed by atoms with Crippen molar-refractivity contribution in [3.8, 4) is 0 Å². The third-order valence-corrected chi connectivity index (χ3v) is 2.98. The number of hydrogen-bond acceptors (Lipinski definition) is 2. The normalized spacial score (nSPS) is 10.3. The van der Waals surface area contributed by atoms with E-state index in [4.69, 9.17) is 0 Å². The summed E-state index contributed by atoms with van der Waals surface area (Å²) in [7, 11) is 0. The van der Waals surface area contributed by atoms with Gasteiger partial charge in [-0.15, -0.1) is 0 Å². The fraction of sp³-hybridized carbons (Fsp3) is 0.0769. The predicted octanol–water partition coefficient (Wildman–Crippen LogP) is 3.68. The van der Waals surface area contributed by atoms with Crippen LogP contribution >= 0.6 is 15.9 Å².